The van der Waals surface area contributed by atoms with Gasteiger partial charge in [0, 0.05) is 54.0 Å². The van der Waals surface area contributed by atoms with E-state index >= 15 is 27.2 Å². The molecular weight excluding hydrogens is 1300 g/mol. The average molecular weight is 1360 g/mol. The second-order valence-corrected chi connectivity index (χ2v) is 27.7. The molecule has 4 aromatic carbocycles. The molecule has 0 saturated heterocycles. The number of pyridine rings is 1. The van der Waals surface area contributed by atoms with Crippen LogP contribution in [0.3, 0.4) is 0 Å². The van der Waals surface area contributed by atoms with Gasteiger partial charge in [0.15, 0.2) is 5.82 Å². The van der Waals surface area contributed by atoms with Gasteiger partial charge in [-0.1, -0.05) is 43.6 Å². The van der Waals surface area contributed by atoms with Crippen LogP contribution in [0.2, 0.25) is 5.02 Å². The van der Waals surface area contributed by atoms with Crippen LogP contribution in [0.15, 0.2) is 83.7 Å². The van der Waals surface area contributed by atoms with Crippen LogP contribution in [-0.2, 0) is 82.0 Å². The number of halogens is 10. The van der Waals surface area contributed by atoms with Crippen molar-refractivity contribution in [3.63, 3.8) is 0 Å². The highest BCUT2D eigenvalue weighted by Gasteiger charge is 2.67. The second-order valence-electron chi connectivity index (χ2n) is 24.0. The Hall–Kier alpha value is -8.18. The predicted molar refractivity (Wildman–Crippen MR) is 321 cm³/mol. The summed E-state index contributed by atoms with van der Waals surface area (Å²) in [4.78, 5) is 66.4. The van der Waals surface area contributed by atoms with E-state index in [1.807, 2.05) is 0 Å². The monoisotopic (exact) mass is 1360 g/mol. The molecule has 3 atom stereocenters. The van der Waals surface area contributed by atoms with Crippen LogP contribution in [0.25, 0.3) is 38.8 Å². The van der Waals surface area contributed by atoms with Crippen LogP contribution >= 0.6 is 19.4 Å². The van der Waals surface area contributed by atoms with Crippen LogP contribution in [0.5, 0.6) is 5.75 Å². The molecule has 2 N–H and O–H groups in total. The number of nitrogens with one attached hydrogen (secondary N) is 1. The largest absolute Gasteiger partial charge is 0.530 e. The molecule has 8 aromatic rings. The molecule has 2 aliphatic carbocycles. The third kappa shape index (κ3) is 13.5. The zero-order chi connectivity index (χ0) is 68.1. The number of phosphoric ester groups is 1. The third-order valence-electron chi connectivity index (χ3n) is 15.4. The predicted octanol–water partition coefficient (Wildman–Crippen LogP) is 12.7. The van der Waals surface area contributed by atoms with Gasteiger partial charge in [-0.05, 0) is 118 Å². The number of hydrogen-bond donors (Lipinski definition) is 2. The Balaban J connectivity index is 1.16. The van der Waals surface area contributed by atoms with Crippen LogP contribution in [0.1, 0.15) is 123 Å². The Labute approximate surface area is 529 Å². The number of carboxylic acid groups (broad SMARTS) is 1. The summed E-state index contributed by atoms with van der Waals surface area (Å²) in [6.45, 7) is 9.56. The number of alkyl halides is 7. The SMILES string of the molecule is Cc1cc(CC(=O)O)c(C(C)(C)CC(=O)N(c2nn(C)c3c(-n4c([C@H](Cc5cc(F)cc(F)c5)NC(=O)Cn5nc(C(F)F)c6c5C(F)(F)[C@@H]5C[C@H]65)nc5cc(-c6cccc(C(F)(F)F)n6)ccc5c4=O)ccc(Cl)c23)S(C)(=O)=O)c(OP(=O)(OC(C)C)OC(C)C)c1. The van der Waals surface area contributed by atoms with Gasteiger partial charge in [0.05, 0.1) is 69.1 Å². The highest BCUT2D eigenvalue weighted by atomic mass is 35.5. The van der Waals surface area contributed by atoms with Crippen LogP contribution in [0, 0.1) is 24.5 Å². The number of amides is 2. The zero-order valence-corrected chi connectivity index (χ0v) is 53.2. The lowest BCUT2D eigenvalue weighted by atomic mass is 9.77. The van der Waals surface area contributed by atoms with Gasteiger partial charge in [-0.3, -0.25) is 42.2 Å². The number of anilines is 1. The number of aromatic nitrogens is 7. The average Bonchev–Trinajstić information content (AvgIpc) is 1.53. The van der Waals surface area contributed by atoms with E-state index in [-0.39, 0.29) is 72.6 Å². The Bertz CT molecular complexity index is 4580. The molecular formula is C61H58ClF9N9O11PS. The lowest BCUT2D eigenvalue weighted by molar-refractivity contribution is -0.141. The number of aryl methyl sites for hydroxylation is 2. The minimum atomic E-state index is -4.91. The van der Waals surface area contributed by atoms with E-state index in [0.29, 0.717) is 32.9 Å². The van der Waals surface area contributed by atoms with Crippen LogP contribution in [-0.4, -0.2) is 83.9 Å². The fourth-order valence-electron chi connectivity index (χ4n) is 12.0. The first-order chi connectivity index (χ1) is 43.3. The van der Waals surface area contributed by atoms with Crippen molar-refractivity contribution in [3.8, 4) is 22.7 Å². The standard InChI is InChI=1S/C61H58ClF9N9O11PS/c1-28(2)89-92(86,90-29(3)4)91-44-18-30(5)17-33(23-48(83)84)51(44)59(6,7)26-47(82)80(93(9,87)88)57-50-39(62)15-16-43(53(50)77(8)76-57)79-56(74-41-22-32(13-14-36(41)58(79)85)40-11-10-12-45(72-40)61(69,70)71)42(21-31-19-34(63)24-35(64)20-31)73-46(81)27-78-54-49(52(75-78)55(65)66)37-25-38(37)60(54,67)68/h10-20,22,24,28-29,37-38,42,55H,21,23,25-27H2,1-9H3,(H,73,81)(H,83,84)/t37-,38+,42-/m0/s1. The smallest absolute Gasteiger partial charge is 0.481 e. The molecule has 4 heterocycles. The van der Waals surface area contributed by atoms with Gasteiger partial charge in [-0.2, -0.15) is 36.5 Å². The minimum absolute atomic E-state index is 0.0131. The van der Waals surface area contributed by atoms with Gasteiger partial charge in [0.25, 0.3) is 17.9 Å². The number of carboxylic acids is 1. The number of aliphatic carboxylic acids is 1. The van der Waals surface area contributed by atoms with E-state index in [1.165, 1.54) is 63.4 Å². The molecule has 32 heteroatoms. The van der Waals surface area contributed by atoms with Crippen molar-refractivity contribution < 1.29 is 85.6 Å². The summed E-state index contributed by atoms with van der Waals surface area (Å²) in [5.41, 5.74) is -7.26. The van der Waals surface area contributed by atoms with Crippen LogP contribution in [0.4, 0.5) is 45.3 Å². The van der Waals surface area contributed by atoms with Gasteiger partial charge in [-0.15, -0.1) is 0 Å². The van der Waals surface area contributed by atoms with Crippen molar-refractivity contribution in [1.82, 2.24) is 39.4 Å². The molecule has 10 rings (SSSR count). The number of benzene rings is 4. The molecule has 1 fully saturated rings. The lowest BCUT2D eigenvalue weighted by Crippen LogP contribution is -2.40. The number of sulfonamides is 1. The number of phosphoric acid groups is 1. The van der Waals surface area contributed by atoms with E-state index in [1.54, 1.807) is 34.6 Å². The molecule has 0 aliphatic heterocycles. The number of nitrogens with zero attached hydrogens (tertiary/aromatic N) is 8. The summed E-state index contributed by atoms with van der Waals surface area (Å²) in [5, 5.41) is 19.9. The lowest BCUT2D eigenvalue weighted by Gasteiger charge is -2.32. The van der Waals surface area contributed by atoms with E-state index < -0.39 is 167 Å². The van der Waals surface area contributed by atoms with E-state index in [9.17, 15) is 49.6 Å². The fourth-order valence-corrected chi connectivity index (χ4v) is 14.7. The molecule has 0 spiro atoms. The molecule has 2 amide bonds. The van der Waals surface area contributed by atoms with E-state index in [4.69, 9.17) is 30.2 Å². The maximum Gasteiger partial charge on any atom is 0.530 e. The number of carbonyl (C=O) groups excluding carboxylic acids is 2. The van der Waals surface area contributed by atoms with Gasteiger partial charge in [0.1, 0.15) is 46.8 Å². The second kappa shape index (κ2) is 24.6. The number of carbonyl (C=O) groups is 3. The van der Waals surface area contributed by atoms with Crippen molar-refractivity contribution in [2.24, 2.45) is 13.0 Å². The third-order valence-corrected chi connectivity index (χ3v) is 18.6. The maximum atomic E-state index is 15.9. The number of fused-ring (bicyclic) bond motifs is 5. The van der Waals surface area contributed by atoms with Gasteiger partial charge in [0.2, 0.25) is 21.8 Å². The summed E-state index contributed by atoms with van der Waals surface area (Å²) in [6.07, 6.45) is -11.4. The fraction of sp³-hybridized carbons (Fsp3) is 0.377. The molecule has 93 heavy (non-hydrogen) atoms. The Morgan fingerprint density at radius 3 is 2.22 bits per heavy atom. The Morgan fingerprint density at radius 2 is 1.60 bits per heavy atom. The van der Waals surface area contributed by atoms with E-state index in [0.717, 1.165) is 33.5 Å². The van der Waals surface area contributed by atoms with Crippen molar-refractivity contribution in [3.05, 3.63) is 157 Å². The Kier molecular flexibility index (Phi) is 17.9. The molecule has 2 aliphatic rings. The summed E-state index contributed by atoms with van der Waals surface area (Å²) in [6, 6.07) is 12.2. The summed E-state index contributed by atoms with van der Waals surface area (Å²) >= 11 is 7.00. The summed E-state index contributed by atoms with van der Waals surface area (Å²) < 4.78 is 196. The number of hydrogen-bond acceptors (Lipinski definition) is 14. The summed E-state index contributed by atoms with van der Waals surface area (Å²) in [5.74, 6) is -13.6. The van der Waals surface area contributed by atoms with Crippen molar-refractivity contribution in [2.75, 3.05) is 10.6 Å². The van der Waals surface area contributed by atoms with Crippen molar-refractivity contribution >= 4 is 74.9 Å². The van der Waals surface area contributed by atoms with E-state index in [2.05, 4.69) is 20.5 Å². The molecule has 0 unspecified atom stereocenters. The Morgan fingerprint density at radius 1 is 0.935 bits per heavy atom. The molecule has 0 radical (unpaired) electrons. The topological polar surface area (TPSA) is 249 Å². The molecule has 1 saturated carbocycles. The maximum absolute atomic E-state index is 15.9. The van der Waals surface area contributed by atoms with Crippen LogP contribution < -0.4 is 19.7 Å². The molecule has 494 valence electrons. The quantitative estimate of drug-likeness (QED) is 0.0473. The highest BCUT2D eigenvalue weighted by molar-refractivity contribution is 7.92. The van der Waals surface area contributed by atoms with Gasteiger partial charge in [-0.25, -0.2) is 40.5 Å². The normalized spacial score (nSPS) is 15.9. The number of rotatable bonds is 22. The first-order valence-electron chi connectivity index (χ1n) is 28.6. The first kappa shape index (κ1) is 67.7. The zero-order valence-electron chi connectivity index (χ0n) is 50.7. The molecule has 20 nitrogen and oxygen atoms in total. The summed E-state index contributed by atoms with van der Waals surface area (Å²) in [7, 11) is -8.15. The van der Waals surface area contributed by atoms with Crippen molar-refractivity contribution in [2.45, 2.75) is 129 Å². The van der Waals surface area contributed by atoms with Gasteiger partial charge < -0.3 is 14.9 Å². The minimum Gasteiger partial charge on any atom is -0.481 e. The molecule has 4 aromatic heterocycles. The van der Waals surface area contributed by atoms with Gasteiger partial charge >= 0.3 is 20.0 Å². The first-order valence-corrected chi connectivity index (χ1v) is 32.3. The van der Waals surface area contributed by atoms with Crippen molar-refractivity contribution in [1.29, 1.82) is 0 Å². The molecule has 0 bridgehead atoms. The highest BCUT2D eigenvalue weighted by Crippen LogP contribution is 2.68.